The largest absolute Gasteiger partial charge is 0.368 e. The Morgan fingerprint density at radius 3 is 2.24 bits per heavy atom. The highest BCUT2D eigenvalue weighted by molar-refractivity contribution is 7.92. The van der Waals surface area contributed by atoms with Crippen LogP contribution in [0.25, 0.3) is 0 Å². The van der Waals surface area contributed by atoms with Crippen LogP contribution in [0.5, 0.6) is 0 Å². The van der Waals surface area contributed by atoms with Crippen molar-refractivity contribution in [3.8, 4) is 0 Å². The Morgan fingerprint density at radius 2 is 1.59 bits per heavy atom. The number of halogens is 2. The van der Waals surface area contributed by atoms with E-state index in [0.29, 0.717) is 35.2 Å². The first-order valence-corrected chi connectivity index (χ1v) is 14.8. The molecule has 3 aromatic carbocycles. The molecule has 0 amide bonds. The van der Waals surface area contributed by atoms with Gasteiger partial charge in [0.15, 0.2) is 0 Å². The Labute approximate surface area is 222 Å². The van der Waals surface area contributed by atoms with Crippen LogP contribution in [0.4, 0.5) is 21.5 Å². The monoisotopic (exact) mass is 566 g/mol. The van der Waals surface area contributed by atoms with Crippen LogP contribution in [0.2, 0.25) is 5.02 Å². The fourth-order valence-electron chi connectivity index (χ4n) is 4.28. The number of nitrogens with one attached hydrogen (secondary N) is 1. The molecule has 8 nitrogen and oxygen atoms in total. The van der Waals surface area contributed by atoms with Crippen molar-refractivity contribution < 1.29 is 21.2 Å². The van der Waals surface area contributed by atoms with Crippen LogP contribution in [0, 0.1) is 5.82 Å². The van der Waals surface area contributed by atoms with E-state index in [9.17, 15) is 21.2 Å². The number of nitrogens with zero attached hydrogens (tertiary/aromatic N) is 3. The minimum atomic E-state index is -3.99. The zero-order valence-corrected chi connectivity index (χ0v) is 23.0. The van der Waals surface area contributed by atoms with Crippen molar-refractivity contribution >= 4 is 48.7 Å². The van der Waals surface area contributed by atoms with Gasteiger partial charge in [-0.1, -0.05) is 23.7 Å². The molecule has 37 heavy (non-hydrogen) atoms. The summed E-state index contributed by atoms with van der Waals surface area (Å²) in [5.41, 5.74) is 1.55. The predicted molar refractivity (Wildman–Crippen MR) is 145 cm³/mol. The fourth-order valence-corrected chi connectivity index (χ4v) is 6.42. The molecule has 4 rings (SSSR count). The van der Waals surface area contributed by atoms with Crippen molar-refractivity contribution in [3.05, 3.63) is 77.6 Å². The van der Waals surface area contributed by atoms with E-state index in [4.69, 9.17) is 11.6 Å². The lowest BCUT2D eigenvalue weighted by atomic mass is 10.2. The first kappa shape index (κ1) is 27.2. The summed E-state index contributed by atoms with van der Waals surface area (Å²) in [7, 11) is -3.02. The average molecular weight is 567 g/mol. The third-order valence-corrected chi connectivity index (χ3v) is 9.85. The van der Waals surface area contributed by atoms with Crippen LogP contribution < -0.4 is 14.5 Å². The van der Waals surface area contributed by atoms with Gasteiger partial charge in [-0.3, -0.25) is 4.72 Å². The minimum absolute atomic E-state index is 0.00111. The van der Waals surface area contributed by atoms with Gasteiger partial charge in [-0.2, -0.15) is 0 Å². The van der Waals surface area contributed by atoms with Crippen LogP contribution in [0.15, 0.2) is 76.5 Å². The van der Waals surface area contributed by atoms with Gasteiger partial charge in [0.25, 0.3) is 10.0 Å². The summed E-state index contributed by atoms with van der Waals surface area (Å²) >= 11 is 5.89. The van der Waals surface area contributed by atoms with Crippen LogP contribution in [-0.2, 0) is 20.0 Å². The van der Waals surface area contributed by atoms with Gasteiger partial charge in [-0.05, 0) is 61.0 Å². The Morgan fingerprint density at radius 1 is 0.946 bits per heavy atom. The second-order valence-electron chi connectivity index (χ2n) is 8.98. The quantitative estimate of drug-likeness (QED) is 0.438. The number of sulfonamides is 2. The van der Waals surface area contributed by atoms with Crippen LogP contribution in [0.1, 0.15) is 6.42 Å². The van der Waals surface area contributed by atoms with Crippen molar-refractivity contribution in [1.82, 2.24) is 4.31 Å². The van der Waals surface area contributed by atoms with E-state index in [1.54, 1.807) is 24.3 Å². The van der Waals surface area contributed by atoms with Gasteiger partial charge in [0.1, 0.15) is 5.82 Å². The number of hydrogen-bond acceptors (Lipinski definition) is 6. The molecule has 1 N–H and O–H groups in total. The van der Waals surface area contributed by atoms with Gasteiger partial charge in [0.05, 0.1) is 26.9 Å². The molecule has 198 valence electrons. The normalized spacial score (nSPS) is 16.3. The maximum Gasteiger partial charge on any atom is 0.261 e. The van der Waals surface area contributed by atoms with Crippen molar-refractivity contribution in [2.75, 3.05) is 48.8 Å². The molecule has 0 aliphatic carbocycles. The molecule has 1 aliphatic heterocycles. The number of anilines is 3. The van der Waals surface area contributed by atoms with E-state index < -0.39 is 25.9 Å². The van der Waals surface area contributed by atoms with Crippen molar-refractivity contribution in [2.24, 2.45) is 0 Å². The standard InChI is InChI=1S/C25H28ClFN4O4S2/c1-29(2)37(34,35)21-11-9-20(10-12-21)36(32,33)28-23-6-4-5-7-25(23)31-15-14-19(17-31)30(3)24-13-8-18(26)16-22(24)27/h4-13,16,19,28H,14-15,17H2,1-3H3. The zero-order chi connectivity index (χ0) is 27.0. The first-order chi connectivity index (χ1) is 17.4. The molecule has 1 heterocycles. The summed E-state index contributed by atoms with van der Waals surface area (Å²) in [6.07, 6.45) is 0.751. The number of rotatable bonds is 8. The highest BCUT2D eigenvalue weighted by Crippen LogP contribution is 2.33. The van der Waals surface area contributed by atoms with E-state index in [1.165, 1.54) is 44.4 Å². The molecule has 1 fully saturated rings. The number of para-hydroxylation sites is 2. The van der Waals surface area contributed by atoms with Crippen molar-refractivity contribution in [2.45, 2.75) is 22.3 Å². The van der Waals surface area contributed by atoms with E-state index in [2.05, 4.69) is 9.62 Å². The fraction of sp³-hybridized carbons (Fsp3) is 0.280. The van der Waals surface area contributed by atoms with Gasteiger partial charge >= 0.3 is 0 Å². The summed E-state index contributed by atoms with van der Waals surface area (Å²) in [6.45, 7) is 1.22. The Hall–Kier alpha value is -2.86. The van der Waals surface area contributed by atoms with Crippen molar-refractivity contribution in [1.29, 1.82) is 0 Å². The van der Waals surface area contributed by atoms with E-state index in [-0.39, 0.29) is 15.8 Å². The van der Waals surface area contributed by atoms with Crippen molar-refractivity contribution in [3.63, 3.8) is 0 Å². The molecule has 0 radical (unpaired) electrons. The molecule has 0 bridgehead atoms. The van der Waals surface area contributed by atoms with Gasteiger partial charge in [0, 0.05) is 45.3 Å². The summed E-state index contributed by atoms with van der Waals surface area (Å²) in [4.78, 5) is 3.87. The number of likely N-dealkylation sites (N-methyl/N-ethyl adjacent to an activating group) is 1. The summed E-state index contributed by atoms with van der Waals surface area (Å²) in [5, 5.41) is 0.331. The third-order valence-electron chi connectivity index (χ3n) is 6.40. The SMILES string of the molecule is CN(c1ccc(Cl)cc1F)C1CCN(c2ccccc2NS(=O)(=O)c2ccc(S(=O)(=O)N(C)C)cc2)C1. The molecular weight excluding hydrogens is 539 g/mol. The van der Waals surface area contributed by atoms with E-state index >= 15 is 0 Å². The molecule has 1 aliphatic rings. The lowest BCUT2D eigenvalue weighted by Gasteiger charge is -2.28. The topological polar surface area (TPSA) is 90.0 Å². The van der Waals surface area contributed by atoms with Gasteiger partial charge in [-0.25, -0.2) is 25.5 Å². The first-order valence-electron chi connectivity index (χ1n) is 11.5. The zero-order valence-electron chi connectivity index (χ0n) is 20.6. The number of benzene rings is 3. The smallest absolute Gasteiger partial charge is 0.261 e. The maximum atomic E-state index is 14.5. The van der Waals surface area contributed by atoms with E-state index in [0.717, 1.165) is 10.7 Å². The third kappa shape index (κ3) is 5.69. The second kappa shape index (κ2) is 10.5. The van der Waals surface area contributed by atoms with Gasteiger partial charge < -0.3 is 9.80 Å². The summed E-state index contributed by atoms with van der Waals surface area (Å²) in [6, 6.07) is 16.7. The lowest BCUT2D eigenvalue weighted by Crippen LogP contribution is -2.35. The highest BCUT2D eigenvalue weighted by Gasteiger charge is 2.29. The number of hydrogen-bond donors (Lipinski definition) is 1. The lowest BCUT2D eigenvalue weighted by molar-refractivity contribution is 0.520. The average Bonchev–Trinajstić information content (AvgIpc) is 3.34. The molecule has 3 aromatic rings. The predicted octanol–water partition coefficient (Wildman–Crippen LogP) is 4.25. The van der Waals surface area contributed by atoms with Gasteiger partial charge in [-0.15, -0.1) is 0 Å². The highest BCUT2D eigenvalue weighted by atomic mass is 35.5. The second-order valence-corrected chi connectivity index (χ2v) is 13.2. The molecule has 1 saturated heterocycles. The summed E-state index contributed by atoms with van der Waals surface area (Å²) in [5.74, 6) is -0.397. The molecule has 1 unspecified atom stereocenters. The van der Waals surface area contributed by atoms with Crippen LogP contribution in [-0.4, -0.2) is 61.4 Å². The molecular formula is C25H28ClFN4O4S2. The Kier molecular flexibility index (Phi) is 7.70. The molecule has 0 spiro atoms. The molecule has 0 aromatic heterocycles. The summed E-state index contributed by atoms with van der Waals surface area (Å²) < 4.78 is 69.0. The van der Waals surface area contributed by atoms with Crippen LogP contribution in [0.3, 0.4) is 0 Å². The molecule has 0 saturated carbocycles. The maximum absolute atomic E-state index is 14.5. The molecule has 12 heteroatoms. The Balaban J connectivity index is 1.53. The molecule has 1 atom stereocenters. The van der Waals surface area contributed by atoms with E-state index in [1.807, 2.05) is 24.1 Å². The Bertz CT molecular complexity index is 1500. The van der Waals surface area contributed by atoms with Crippen LogP contribution >= 0.6 is 11.6 Å². The minimum Gasteiger partial charge on any atom is -0.368 e. The van der Waals surface area contributed by atoms with Gasteiger partial charge in [0.2, 0.25) is 10.0 Å².